The summed E-state index contributed by atoms with van der Waals surface area (Å²) < 4.78 is 26.1. The second-order valence-corrected chi connectivity index (χ2v) is 6.73. The third kappa shape index (κ3) is 3.59. The topological polar surface area (TPSA) is 122 Å². The highest BCUT2D eigenvalue weighted by atomic mass is 32.2. The molecule has 0 spiro atoms. The molecular weight excluding hydrogens is 324 g/mol. The molecule has 2 N–H and O–H groups in total. The van der Waals surface area contributed by atoms with Gasteiger partial charge in [0.25, 0.3) is 10.0 Å². The zero-order valence-corrected chi connectivity index (χ0v) is 13.4. The van der Waals surface area contributed by atoms with E-state index in [0.717, 1.165) is 5.56 Å². The first-order valence-electron chi connectivity index (χ1n) is 6.70. The van der Waals surface area contributed by atoms with Crippen molar-refractivity contribution in [2.75, 3.05) is 20.1 Å². The number of carbonyl (C=O) groups excluding carboxylic acids is 1. The second kappa shape index (κ2) is 6.24. The van der Waals surface area contributed by atoms with Crippen LogP contribution < -0.4 is 10.0 Å². The van der Waals surface area contributed by atoms with E-state index in [1.54, 1.807) is 30.8 Å². The van der Waals surface area contributed by atoms with Crippen molar-refractivity contribution in [3.63, 3.8) is 0 Å². The summed E-state index contributed by atoms with van der Waals surface area (Å²) in [4.78, 5) is 23.7. The molecule has 0 bridgehead atoms. The normalized spacial score (nSPS) is 16.7. The third-order valence-corrected chi connectivity index (χ3v) is 4.65. The van der Waals surface area contributed by atoms with Crippen LogP contribution in [0, 0.1) is 17.0 Å². The number of nitro groups is 1. The van der Waals surface area contributed by atoms with E-state index in [-0.39, 0.29) is 10.7 Å². The van der Waals surface area contributed by atoms with Crippen LogP contribution in [-0.4, -0.2) is 44.3 Å². The fourth-order valence-corrected chi connectivity index (χ4v) is 3.03. The molecule has 1 aromatic rings. The van der Waals surface area contributed by atoms with Crippen molar-refractivity contribution in [3.8, 4) is 0 Å². The van der Waals surface area contributed by atoms with Gasteiger partial charge in [-0.1, -0.05) is 17.7 Å². The van der Waals surface area contributed by atoms with Crippen LogP contribution >= 0.6 is 0 Å². The van der Waals surface area contributed by atoms with Crippen molar-refractivity contribution in [3.05, 3.63) is 51.5 Å². The van der Waals surface area contributed by atoms with E-state index >= 15 is 0 Å². The average molecular weight is 340 g/mol. The minimum Gasteiger partial charge on any atom is -0.364 e. The van der Waals surface area contributed by atoms with Crippen molar-refractivity contribution in [1.29, 1.82) is 0 Å². The molecule has 1 aliphatic rings. The van der Waals surface area contributed by atoms with Gasteiger partial charge in [0.1, 0.15) is 0 Å². The number of hydrogen-bond acceptors (Lipinski definition) is 7. The SMILES string of the molecule is Cc1ccc(S(=O)(=O)NC(=O)C(=C2NCCN2C)[N+](=O)[O-])cc1. The van der Waals surface area contributed by atoms with Crippen molar-refractivity contribution in [1.82, 2.24) is 14.9 Å². The van der Waals surface area contributed by atoms with Gasteiger partial charge >= 0.3 is 11.6 Å². The Morgan fingerprint density at radius 2 is 1.96 bits per heavy atom. The molecule has 0 aromatic heterocycles. The molecule has 23 heavy (non-hydrogen) atoms. The van der Waals surface area contributed by atoms with E-state index in [9.17, 15) is 23.3 Å². The van der Waals surface area contributed by atoms with Crippen LogP contribution in [0.15, 0.2) is 40.7 Å². The second-order valence-electron chi connectivity index (χ2n) is 5.05. The van der Waals surface area contributed by atoms with Gasteiger partial charge in [-0.25, -0.2) is 13.1 Å². The average Bonchev–Trinajstić information content (AvgIpc) is 2.84. The predicted molar refractivity (Wildman–Crippen MR) is 81.2 cm³/mol. The molecule has 2 rings (SSSR count). The number of aryl methyl sites for hydroxylation is 1. The fraction of sp³-hybridized carbons (Fsp3) is 0.308. The minimum absolute atomic E-state index is 0.00777. The number of nitrogens with one attached hydrogen (secondary N) is 2. The van der Waals surface area contributed by atoms with Crippen molar-refractivity contribution in [2.24, 2.45) is 0 Å². The van der Waals surface area contributed by atoms with E-state index in [1.807, 2.05) is 0 Å². The molecule has 124 valence electrons. The number of sulfonamides is 1. The van der Waals surface area contributed by atoms with Gasteiger partial charge in [0.05, 0.1) is 9.82 Å². The highest BCUT2D eigenvalue weighted by Crippen LogP contribution is 2.14. The molecular formula is C13H16N4O5S. The van der Waals surface area contributed by atoms with E-state index in [0.29, 0.717) is 13.1 Å². The first-order valence-corrected chi connectivity index (χ1v) is 8.18. The Morgan fingerprint density at radius 3 is 2.43 bits per heavy atom. The zero-order chi connectivity index (χ0) is 17.2. The molecule has 1 fully saturated rings. The standard InChI is InChI=1S/C13H16N4O5S/c1-9-3-5-10(6-4-9)23(21,22)15-13(18)11(17(19)20)12-14-7-8-16(12)2/h3-6,14H,7-8H2,1-2H3,(H,15,18). The number of likely N-dealkylation sites (N-methyl/N-ethyl adjacent to an activating group) is 1. The summed E-state index contributed by atoms with van der Waals surface area (Å²) in [6.07, 6.45) is 0. The molecule has 0 radical (unpaired) electrons. The Labute approximate surface area is 133 Å². The van der Waals surface area contributed by atoms with Crippen molar-refractivity contribution < 1.29 is 18.1 Å². The number of nitrogens with zero attached hydrogens (tertiary/aromatic N) is 2. The molecule has 1 aliphatic heterocycles. The van der Waals surface area contributed by atoms with Crippen LogP contribution in [0.1, 0.15) is 5.56 Å². The number of rotatable bonds is 4. The smallest absolute Gasteiger partial charge is 0.364 e. The largest absolute Gasteiger partial charge is 0.374 e. The van der Waals surface area contributed by atoms with E-state index < -0.39 is 26.6 Å². The minimum atomic E-state index is -4.19. The lowest BCUT2D eigenvalue weighted by molar-refractivity contribution is -0.421. The Bertz CT molecular complexity index is 770. The number of amides is 1. The lowest BCUT2D eigenvalue weighted by Crippen LogP contribution is -2.36. The van der Waals surface area contributed by atoms with Gasteiger partial charge in [-0.2, -0.15) is 0 Å². The lowest BCUT2D eigenvalue weighted by atomic mass is 10.2. The molecule has 1 heterocycles. The third-order valence-electron chi connectivity index (χ3n) is 3.30. The van der Waals surface area contributed by atoms with Gasteiger partial charge in [0.2, 0.25) is 0 Å². The van der Waals surface area contributed by atoms with Crippen LogP contribution in [0.2, 0.25) is 0 Å². The van der Waals surface area contributed by atoms with E-state index in [4.69, 9.17) is 0 Å². The highest BCUT2D eigenvalue weighted by Gasteiger charge is 2.35. The Balaban J connectivity index is 2.32. The maximum absolute atomic E-state index is 12.2. The van der Waals surface area contributed by atoms with Gasteiger partial charge in [-0.3, -0.25) is 14.9 Å². The quantitative estimate of drug-likeness (QED) is 0.441. The van der Waals surface area contributed by atoms with Gasteiger partial charge in [0, 0.05) is 20.1 Å². The summed E-state index contributed by atoms with van der Waals surface area (Å²) in [5.41, 5.74) is 0.0147. The first kappa shape index (κ1) is 16.7. The van der Waals surface area contributed by atoms with Gasteiger partial charge in [-0.05, 0) is 19.1 Å². The van der Waals surface area contributed by atoms with Gasteiger partial charge in [0.15, 0.2) is 5.82 Å². The maximum Gasteiger partial charge on any atom is 0.374 e. The summed E-state index contributed by atoms with van der Waals surface area (Å²) in [6, 6.07) is 5.78. The van der Waals surface area contributed by atoms with Crippen molar-refractivity contribution >= 4 is 15.9 Å². The Morgan fingerprint density at radius 1 is 1.35 bits per heavy atom. The monoisotopic (exact) mass is 340 g/mol. The van der Waals surface area contributed by atoms with E-state index in [1.165, 1.54) is 17.0 Å². The molecule has 1 amide bonds. The first-order chi connectivity index (χ1) is 10.7. The van der Waals surface area contributed by atoms with Crippen LogP contribution in [0.5, 0.6) is 0 Å². The molecule has 1 saturated heterocycles. The van der Waals surface area contributed by atoms with Crippen LogP contribution in [0.25, 0.3) is 0 Å². The summed E-state index contributed by atoms with van der Waals surface area (Å²) in [5, 5.41) is 13.9. The molecule has 1 aromatic carbocycles. The van der Waals surface area contributed by atoms with Gasteiger partial charge < -0.3 is 10.2 Å². The van der Waals surface area contributed by atoms with Crippen LogP contribution in [-0.2, 0) is 14.8 Å². The summed E-state index contributed by atoms with van der Waals surface area (Å²) in [5.74, 6) is -1.29. The Kier molecular flexibility index (Phi) is 4.55. The maximum atomic E-state index is 12.2. The van der Waals surface area contributed by atoms with Crippen molar-refractivity contribution in [2.45, 2.75) is 11.8 Å². The summed E-state index contributed by atoms with van der Waals surface area (Å²) >= 11 is 0. The number of hydrogen-bond donors (Lipinski definition) is 2. The summed E-state index contributed by atoms with van der Waals surface area (Å²) in [6.45, 7) is 2.69. The molecule has 0 saturated carbocycles. The highest BCUT2D eigenvalue weighted by molar-refractivity contribution is 7.90. The molecule has 10 heteroatoms. The zero-order valence-electron chi connectivity index (χ0n) is 12.6. The fourth-order valence-electron chi connectivity index (χ4n) is 2.08. The molecule has 0 aliphatic carbocycles. The predicted octanol–water partition coefficient (Wildman–Crippen LogP) is -0.219. The Hall–Kier alpha value is -2.62. The number of carbonyl (C=O) groups is 1. The molecule has 0 atom stereocenters. The summed E-state index contributed by atoms with van der Waals surface area (Å²) in [7, 11) is -2.62. The number of benzene rings is 1. The van der Waals surface area contributed by atoms with E-state index in [2.05, 4.69) is 5.32 Å². The lowest BCUT2D eigenvalue weighted by Gasteiger charge is -2.12. The molecule has 0 unspecified atom stereocenters. The van der Waals surface area contributed by atoms with Crippen LogP contribution in [0.4, 0.5) is 0 Å². The van der Waals surface area contributed by atoms with Crippen LogP contribution in [0.3, 0.4) is 0 Å². The van der Waals surface area contributed by atoms with Gasteiger partial charge in [-0.15, -0.1) is 0 Å². The molecule has 9 nitrogen and oxygen atoms in total.